The second-order valence-electron chi connectivity index (χ2n) is 4.55. The number of hydrogen-bond donors (Lipinski definition) is 2. The molecule has 4 nitrogen and oxygen atoms in total. The van der Waals surface area contributed by atoms with Gasteiger partial charge in [0.15, 0.2) is 5.96 Å². The molecule has 0 atom stereocenters. The number of aliphatic imine (C=N–C) groups is 1. The molecule has 0 aliphatic heterocycles. The van der Waals surface area contributed by atoms with Gasteiger partial charge < -0.3 is 15.4 Å². The van der Waals surface area contributed by atoms with Gasteiger partial charge in [0.2, 0.25) is 0 Å². The van der Waals surface area contributed by atoms with Crippen molar-refractivity contribution in [3.05, 3.63) is 42.0 Å². The third kappa shape index (κ3) is 5.34. The van der Waals surface area contributed by atoms with E-state index in [1.54, 1.807) is 13.1 Å². The van der Waals surface area contributed by atoms with E-state index in [4.69, 9.17) is 4.74 Å². The predicted octanol–water partition coefficient (Wildman–Crippen LogP) is 2.63. The minimum absolute atomic E-state index is 0.677. The van der Waals surface area contributed by atoms with Gasteiger partial charge in [0.1, 0.15) is 5.75 Å². The van der Waals surface area contributed by atoms with Gasteiger partial charge in [-0.1, -0.05) is 25.1 Å². The molecule has 2 N–H and O–H groups in total. The Hall–Kier alpha value is -1.97. The summed E-state index contributed by atoms with van der Waals surface area (Å²) >= 11 is 0. The lowest BCUT2D eigenvalue weighted by Crippen LogP contribution is -2.36. The van der Waals surface area contributed by atoms with Crippen LogP contribution in [0, 0.1) is 6.92 Å². The summed E-state index contributed by atoms with van der Waals surface area (Å²) in [7, 11) is 1.75. The molecule has 0 amide bonds. The van der Waals surface area contributed by atoms with Gasteiger partial charge in [-0.2, -0.15) is 0 Å². The van der Waals surface area contributed by atoms with E-state index in [1.807, 2.05) is 0 Å². The van der Waals surface area contributed by atoms with Crippen LogP contribution in [0.4, 0.5) is 0 Å². The quantitative estimate of drug-likeness (QED) is 0.457. The van der Waals surface area contributed by atoms with Gasteiger partial charge in [0.25, 0.3) is 0 Å². The van der Waals surface area contributed by atoms with Crippen LogP contribution < -0.4 is 15.4 Å². The monoisotopic (exact) mass is 275 g/mol. The first-order valence-corrected chi connectivity index (χ1v) is 6.99. The second-order valence-corrected chi connectivity index (χ2v) is 4.55. The van der Waals surface area contributed by atoms with Gasteiger partial charge in [-0.05, 0) is 25.0 Å². The maximum absolute atomic E-state index is 5.80. The maximum atomic E-state index is 5.80. The number of guanidine groups is 1. The number of hydrogen-bond acceptors (Lipinski definition) is 2. The van der Waals surface area contributed by atoms with E-state index < -0.39 is 0 Å². The van der Waals surface area contributed by atoms with Gasteiger partial charge in [-0.25, -0.2) is 0 Å². The Bertz CT molecular complexity index is 455. The van der Waals surface area contributed by atoms with Crippen molar-refractivity contribution in [2.24, 2.45) is 4.99 Å². The van der Waals surface area contributed by atoms with Crippen molar-refractivity contribution >= 4 is 5.96 Å². The van der Waals surface area contributed by atoms with E-state index in [-0.39, 0.29) is 0 Å². The predicted molar refractivity (Wildman–Crippen MR) is 85.4 cm³/mol. The zero-order valence-electron chi connectivity index (χ0n) is 12.7. The Labute approximate surface area is 121 Å². The molecule has 0 heterocycles. The summed E-state index contributed by atoms with van der Waals surface area (Å²) in [5.41, 5.74) is 2.33. The van der Waals surface area contributed by atoms with Crippen LogP contribution >= 0.6 is 0 Å². The van der Waals surface area contributed by atoms with Gasteiger partial charge in [-0.15, -0.1) is 6.58 Å². The van der Waals surface area contributed by atoms with Crippen LogP contribution in [0.2, 0.25) is 0 Å². The molecule has 1 rings (SSSR count). The van der Waals surface area contributed by atoms with Crippen LogP contribution in [0.25, 0.3) is 0 Å². The fourth-order valence-electron chi connectivity index (χ4n) is 1.72. The molecule has 0 saturated carbocycles. The molecule has 0 bridgehead atoms. The summed E-state index contributed by atoms with van der Waals surface area (Å²) in [6, 6.07) is 6.26. The van der Waals surface area contributed by atoms with Crippen molar-refractivity contribution < 1.29 is 4.74 Å². The molecular weight excluding hydrogens is 250 g/mol. The van der Waals surface area contributed by atoms with Gasteiger partial charge in [-0.3, -0.25) is 4.99 Å². The molecule has 1 aromatic rings. The average Bonchev–Trinajstić information content (AvgIpc) is 2.46. The van der Waals surface area contributed by atoms with Crippen LogP contribution in [0.15, 0.2) is 35.8 Å². The largest absolute Gasteiger partial charge is 0.493 e. The van der Waals surface area contributed by atoms with E-state index in [9.17, 15) is 0 Å². The number of aryl methyl sites for hydroxylation is 1. The van der Waals surface area contributed by atoms with E-state index in [1.165, 1.54) is 5.56 Å². The summed E-state index contributed by atoms with van der Waals surface area (Å²) in [6.07, 6.45) is 2.80. The highest BCUT2D eigenvalue weighted by molar-refractivity contribution is 5.79. The topological polar surface area (TPSA) is 45.7 Å². The first-order chi connectivity index (χ1) is 9.71. The summed E-state index contributed by atoms with van der Waals surface area (Å²) in [4.78, 5) is 4.16. The first-order valence-electron chi connectivity index (χ1n) is 6.99. The number of benzene rings is 1. The maximum Gasteiger partial charge on any atom is 0.191 e. The van der Waals surface area contributed by atoms with E-state index in [0.29, 0.717) is 13.1 Å². The van der Waals surface area contributed by atoms with E-state index in [2.05, 4.69) is 54.3 Å². The molecule has 0 aliphatic rings. The molecular formula is C16H25N3O. The van der Waals surface area contributed by atoms with E-state index in [0.717, 1.165) is 30.3 Å². The molecule has 0 radical (unpaired) electrons. The van der Waals surface area contributed by atoms with Crippen LogP contribution in [0.3, 0.4) is 0 Å². The summed E-state index contributed by atoms with van der Waals surface area (Å²) in [5, 5.41) is 6.41. The molecule has 0 aromatic heterocycles. The third-order valence-corrected chi connectivity index (χ3v) is 2.77. The lowest BCUT2D eigenvalue weighted by molar-refractivity contribution is 0.313. The van der Waals surface area contributed by atoms with Gasteiger partial charge >= 0.3 is 0 Å². The Balaban J connectivity index is 2.68. The zero-order valence-corrected chi connectivity index (χ0v) is 12.7. The van der Waals surface area contributed by atoms with Gasteiger partial charge in [0.05, 0.1) is 6.61 Å². The third-order valence-electron chi connectivity index (χ3n) is 2.77. The van der Waals surface area contributed by atoms with Crippen LogP contribution in [0.1, 0.15) is 24.5 Å². The summed E-state index contributed by atoms with van der Waals surface area (Å²) in [6.45, 7) is 9.95. The van der Waals surface area contributed by atoms with Crippen molar-refractivity contribution in [3.63, 3.8) is 0 Å². The number of ether oxygens (including phenoxy) is 1. The minimum atomic E-state index is 0.677. The average molecular weight is 275 g/mol. The minimum Gasteiger partial charge on any atom is -0.493 e. The lowest BCUT2D eigenvalue weighted by Gasteiger charge is -2.14. The summed E-state index contributed by atoms with van der Waals surface area (Å²) in [5.74, 6) is 1.70. The standard InChI is InChI=1S/C16H25N3O/c1-5-9-18-16(17-4)19-12-14-8-7-13(3)11-15(14)20-10-6-2/h5,7-8,11H,1,6,9-10,12H2,2-4H3,(H2,17,18,19). The molecule has 0 aliphatic carbocycles. The molecule has 20 heavy (non-hydrogen) atoms. The SMILES string of the molecule is C=CCNC(=NC)NCc1ccc(C)cc1OCCC. The second kappa shape index (κ2) is 9.02. The molecule has 0 fully saturated rings. The lowest BCUT2D eigenvalue weighted by atomic mass is 10.1. The fourth-order valence-corrected chi connectivity index (χ4v) is 1.72. The Morgan fingerprint density at radius 1 is 1.40 bits per heavy atom. The fraction of sp³-hybridized carbons (Fsp3) is 0.438. The number of rotatable bonds is 7. The van der Waals surface area contributed by atoms with Crippen LogP contribution in [-0.4, -0.2) is 26.2 Å². The number of nitrogens with zero attached hydrogens (tertiary/aromatic N) is 1. The highest BCUT2D eigenvalue weighted by atomic mass is 16.5. The van der Waals surface area contributed by atoms with Crippen molar-refractivity contribution in [1.82, 2.24) is 10.6 Å². The Morgan fingerprint density at radius 3 is 2.85 bits per heavy atom. The van der Waals surface area contributed by atoms with Crippen LogP contribution in [0.5, 0.6) is 5.75 Å². The van der Waals surface area contributed by atoms with Crippen molar-refractivity contribution in [2.75, 3.05) is 20.2 Å². The zero-order chi connectivity index (χ0) is 14.8. The number of nitrogens with one attached hydrogen (secondary N) is 2. The first kappa shape index (κ1) is 16.1. The smallest absolute Gasteiger partial charge is 0.191 e. The molecule has 4 heteroatoms. The van der Waals surface area contributed by atoms with Crippen LogP contribution in [-0.2, 0) is 6.54 Å². The molecule has 0 unspecified atom stereocenters. The molecule has 110 valence electrons. The molecule has 1 aromatic carbocycles. The summed E-state index contributed by atoms with van der Waals surface area (Å²) < 4.78 is 5.80. The molecule has 0 saturated heterocycles. The van der Waals surface area contributed by atoms with Crippen molar-refractivity contribution in [2.45, 2.75) is 26.8 Å². The van der Waals surface area contributed by atoms with Crippen molar-refractivity contribution in [1.29, 1.82) is 0 Å². The van der Waals surface area contributed by atoms with Crippen molar-refractivity contribution in [3.8, 4) is 5.75 Å². The normalized spacial score (nSPS) is 11.1. The highest BCUT2D eigenvalue weighted by Crippen LogP contribution is 2.20. The highest BCUT2D eigenvalue weighted by Gasteiger charge is 2.05. The van der Waals surface area contributed by atoms with Gasteiger partial charge in [0, 0.05) is 25.7 Å². The molecule has 0 spiro atoms. The Kier molecular flexibility index (Phi) is 7.25. The Morgan fingerprint density at radius 2 is 2.20 bits per heavy atom. The van der Waals surface area contributed by atoms with E-state index >= 15 is 0 Å².